The van der Waals surface area contributed by atoms with Gasteiger partial charge in [0.15, 0.2) is 5.82 Å². The van der Waals surface area contributed by atoms with Crippen molar-refractivity contribution in [1.82, 2.24) is 30.0 Å². The average Bonchev–Trinajstić information content (AvgIpc) is 3.39. The highest BCUT2D eigenvalue weighted by Crippen LogP contribution is 2.35. The number of hydrogen-bond acceptors (Lipinski definition) is 5. The van der Waals surface area contributed by atoms with E-state index in [-0.39, 0.29) is 6.04 Å². The first-order valence-electron chi connectivity index (χ1n) is 13.3. The van der Waals surface area contributed by atoms with Gasteiger partial charge in [-0.1, -0.05) is 60.7 Å². The molecule has 204 valence electrons. The van der Waals surface area contributed by atoms with Crippen molar-refractivity contribution in [3.63, 3.8) is 0 Å². The summed E-state index contributed by atoms with van der Waals surface area (Å²) in [6, 6.07) is 15.3. The average molecular weight is 535 g/mol. The Balaban J connectivity index is 1.40. The normalized spacial score (nSPS) is 18.5. The number of alkyl halides is 3. The van der Waals surface area contributed by atoms with E-state index in [9.17, 15) is 13.2 Å². The second kappa shape index (κ2) is 11.7. The molecule has 1 aromatic heterocycles. The molecule has 9 heteroatoms. The molecule has 1 aliphatic heterocycles. The number of allylic oxidation sites excluding steroid dienone is 4. The Hall–Kier alpha value is -3.56. The van der Waals surface area contributed by atoms with Gasteiger partial charge in [-0.25, -0.2) is 0 Å². The van der Waals surface area contributed by atoms with Crippen molar-refractivity contribution in [3.8, 4) is 0 Å². The third-order valence-electron chi connectivity index (χ3n) is 7.50. The summed E-state index contributed by atoms with van der Waals surface area (Å²) in [5.74, 6) is 0.621. The van der Waals surface area contributed by atoms with Gasteiger partial charge < -0.3 is 0 Å². The Bertz CT molecular complexity index is 1350. The molecule has 0 amide bonds. The van der Waals surface area contributed by atoms with Gasteiger partial charge in [-0.2, -0.15) is 17.9 Å². The van der Waals surface area contributed by atoms with E-state index in [1.54, 1.807) is 16.8 Å². The summed E-state index contributed by atoms with van der Waals surface area (Å²) in [7, 11) is 0. The van der Waals surface area contributed by atoms with E-state index in [2.05, 4.69) is 69.5 Å². The lowest BCUT2D eigenvalue weighted by molar-refractivity contribution is -0.137. The van der Waals surface area contributed by atoms with Crippen LogP contribution in [0, 0.1) is 0 Å². The minimum Gasteiger partial charge on any atom is -0.297 e. The smallest absolute Gasteiger partial charge is 0.297 e. The van der Waals surface area contributed by atoms with Crippen LogP contribution in [0.15, 0.2) is 77.9 Å². The number of tetrazole rings is 1. The van der Waals surface area contributed by atoms with Crippen LogP contribution < -0.4 is 0 Å². The number of halogens is 3. The van der Waals surface area contributed by atoms with E-state index in [1.165, 1.54) is 11.1 Å². The molecule has 2 aliphatic rings. The summed E-state index contributed by atoms with van der Waals surface area (Å²) < 4.78 is 41.8. The van der Waals surface area contributed by atoms with Crippen molar-refractivity contribution in [2.24, 2.45) is 0 Å². The first kappa shape index (κ1) is 27.0. The molecular formula is C30H33F3N6. The van der Waals surface area contributed by atoms with Crippen LogP contribution in [0.5, 0.6) is 0 Å². The maximum atomic E-state index is 13.3. The molecule has 6 nitrogen and oxygen atoms in total. The summed E-state index contributed by atoms with van der Waals surface area (Å²) in [4.78, 5) is 4.66. The minimum atomic E-state index is -4.39. The zero-order valence-electron chi connectivity index (χ0n) is 22.3. The van der Waals surface area contributed by atoms with Gasteiger partial charge in [0.2, 0.25) is 0 Å². The Morgan fingerprint density at radius 3 is 2.33 bits per heavy atom. The molecule has 2 heterocycles. The first-order chi connectivity index (χ1) is 18.8. The Morgan fingerprint density at radius 1 is 0.949 bits per heavy atom. The quantitative estimate of drug-likeness (QED) is 0.368. The highest BCUT2D eigenvalue weighted by atomic mass is 19.4. The van der Waals surface area contributed by atoms with Crippen molar-refractivity contribution >= 4 is 11.8 Å². The second-order valence-corrected chi connectivity index (χ2v) is 10.2. The molecule has 0 saturated carbocycles. The number of rotatable bonds is 7. The van der Waals surface area contributed by atoms with Crippen molar-refractivity contribution in [3.05, 3.63) is 100 Å². The van der Waals surface area contributed by atoms with Crippen LogP contribution in [0.2, 0.25) is 0 Å². The number of aromatic nitrogens is 4. The fourth-order valence-corrected chi connectivity index (χ4v) is 5.41. The maximum Gasteiger partial charge on any atom is 0.416 e. The predicted octanol–water partition coefficient (Wildman–Crippen LogP) is 6.08. The van der Waals surface area contributed by atoms with Crippen molar-refractivity contribution in [2.45, 2.75) is 38.9 Å². The summed E-state index contributed by atoms with van der Waals surface area (Å²) in [5.41, 5.74) is 4.53. The standard InChI is InChI=1S/C30H33F3N6/c1-22-8-6-9-23(2)27(22)39-29(34-35-36-39)28(25-13-15-26(16-14-25)30(31,32)33)38-20-18-37(19-21-38)17-7-12-24-10-4-3-5-11-24/h3-5,7-8,10-16,28H,6,9,17-21H2,1-2H3/b12-7+/t28-/m1/s1. The fourth-order valence-electron chi connectivity index (χ4n) is 5.41. The van der Waals surface area contributed by atoms with E-state index in [0.717, 1.165) is 74.5 Å². The number of piperazine rings is 1. The third kappa shape index (κ3) is 6.20. The molecule has 1 saturated heterocycles. The highest BCUT2D eigenvalue weighted by molar-refractivity contribution is 5.67. The molecule has 1 aliphatic carbocycles. The number of nitrogens with zero attached hydrogens (tertiary/aromatic N) is 6. The summed E-state index contributed by atoms with van der Waals surface area (Å²) in [6.07, 6.45) is 3.99. The molecule has 0 spiro atoms. The lowest BCUT2D eigenvalue weighted by Gasteiger charge is -2.38. The molecular weight excluding hydrogens is 501 g/mol. The highest BCUT2D eigenvalue weighted by Gasteiger charge is 2.34. The molecule has 0 N–H and O–H groups in total. The van der Waals surface area contributed by atoms with Crippen molar-refractivity contribution < 1.29 is 13.2 Å². The third-order valence-corrected chi connectivity index (χ3v) is 7.50. The Labute approximate surface area is 227 Å². The Kier molecular flexibility index (Phi) is 8.09. The molecule has 2 aromatic carbocycles. The molecule has 5 rings (SSSR count). The van der Waals surface area contributed by atoms with E-state index in [0.29, 0.717) is 5.82 Å². The summed E-state index contributed by atoms with van der Waals surface area (Å²) >= 11 is 0. The van der Waals surface area contributed by atoms with Gasteiger partial charge in [0.05, 0.1) is 17.3 Å². The maximum absolute atomic E-state index is 13.3. The topological polar surface area (TPSA) is 50.1 Å². The van der Waals surface area contributed by atoms with Crippen molar-refractivity contribution in [1.29, 1.82) is 0 Å². The summed E-state index contributed by atoms with van der Waals surface area (Å²) in [5, 5.41) is 12.8. The second-order valence-electron chi connectivity index (χ2n) is 10.2. The monoisotopic (exact) mass is 534 g/mol. The molecule has 1 fully saturated rings. The van der Waals surface area contributed by atoms with Crippen LogP contribution in [0.1, 0.15) is 55.2 Å². The van der Waals surface area contributed by atoms with Gasteiger partial charge in [0.1, 0.15) is 0 Å². The van der Waals surface area contributed by atoms with E-state index in [1.807, 2.05) is 18.2 Å². The van der Waals surface area contributed by atoms with Gasteiger partial charge in [-0.05, 0) is 71.5 Å². The lowest BCUT2D eigenvalue weighted by atomic mass is 9.97. The number of hydrogen-bond donors (Lipinski definition) is 0. The van der Waals surface area contributed by atoms with Crippen LogP contribution in [0.4, 0.5) is 13.2 Å². The minimum absolute atomic E-state index is 0.376. The molecule has 0 unspecified atom stereocenters. The number of benzene rings is 2. The molecule has 0 bridgehead atoms. The molecule has 39 heavy (non-hydrogen) atoms. The lowest BCUT2D eigenvalue weighted by Crippen LogP contribution is -2.48. The van der Waals surface area contributed by atoms with E-state index >= 15 is 0 Å². The fraction of sp³-hybridized carbons (Fsp3) is 0.367. The first-order valence-corrected chi connectivity index (χ1v) is 13.3. The van der Waals surface area contributed by atoms with Gasteiger partial charge in [0.25, 0.3) is 0 Å². The van der Waals surface area contributed by atoms with E-state index < -0.39 is 11.7 Å². The van der Waals surface area contributed by atoms with Crippen LogP contribution in [-0.4, -0.2) is 62.7 Å². The van der Waals surface area contributed by atoms with Crippen LogP contribution in [-0.2, 0) is 6.18 Å². The zero-order chi connectivity index (χ0) is 27.4. The van der Waals surface area contributed by atoms with Crippen LogP contribution >= 0.6 is 0 Å². The van der Waals surface area contributed by atoms with Crippen LogP contribution in [0.3, 0.4) is 0 Å². The van der Waals surface area contributed by atoms with Gasteiger partial charge in [0, 0.05) is 32.7 Å². The predicted molar refractivity (Wildman–Crippen MR) is 146 cm³/mol. The van der Waals surface area contributed by atoms with E-state index in [4.69, 9.17) is 0 Å². The molecule has 0 radical (unpaired) electrons. The van der Waals surface area contributed by atoms with Gasteiger partial charge in [-0.3, -0.25) is 9.80 Å². The molecule has 3 aromatic rings. The van der Waals surface area contributed by atoms with Crippen LogP contribution in [0.25, 0.3) is 11.8 Å². The molecule has 1 atom stereocenters. The Morgan fingerprint density at radius 2 is 1.67 bits per heavy atom. The summed E-state index contributed by atoms with van der Waals surface area (Å²) in [6.45, 7) is 8.12. The van der Waals surface area contributed by atoms with Crippen molar-refractivity contribution in [2.75, 3.05) is 32.7 Å². The largest absolute Gasteiger partial charge is 0.416 e. The SMILES string of the molecule is CC1=CCCC(C)=C1n1nnnc1[C@@H](c1ccc(C(F)(F)F)cc1)N1CCN(C/C=C/c2ccccc2)CC1. The van der Waals surface area contributed by atoms with Gasteiger partial charge >= 0.3 is 6.18 Å². The van der Waals surface area contributed by atoms with Gasteiger partial charge in [-0.15, -0.1) is 5.10 Å². The zero-order valence-corrected chi connectivity index (χ0v) is 22.3.